The van der Waals surface area contributed by atoms with E-state index in [0.717, 1.165) is 0 Å². The Morgan fingerprint density at radius 3 is 1.93 bits per heavy atom. The van der Waals surface area contributed by atoms with Crippen LogP contribution in [0.25, 0.3) is 0 Å². The molecule has 1 aromatic carbocycles. The van der Waals surface area contributed by atoms with Gasteiger partial charge in [-0.3, -0.25) is 0 Å². The minimum atomic E-state index is -2.78. The Bertz CT molecular complexity index is 354. The fourth-order valence-electron chi connectivity index (χ4n) is 0.763. The van der Waals surface area contributed by atoms with Gasteiger partial charge in [-0.15, -0.1) is 0 Å². The molecule has 1 aromatic rings. The maximum absolute atomic E-state index is 12.7. The summed E-state index contributed by atoms with van der Waals surface area (Å²) in [6.07, 6.45) is 0. The zero-order valence-electron chi connectivity index (χ0n) is 7.98. The number of rotatable bonds is 1. The summed E-state index contributed by atoms with van der Waals surface area (Å²) < 4.78 is 37.8. The first-order valence-electron chi connectivity index (χ1n) is 3.09. The smallest absolute Gasteiger partial charge is 0.889 e. The molecule has 15 heavy (non-hydrogen) atoms. The maximum Gasteiger partial charge on any atom is 1.00 e. The molecule has 0 radical (unpaired) electrons. The Labute approximate surface area is 175 Å². The molecule has 0 saturated carbocycles. The summed E-state index contributed by atoms with van der Waals surface area (Å²) in [5, 5.41) is 19.3. The van der Waals surface area contributed by atoms with E-state index >= 15 is 0 Å². The fraction of sp³-hybridized carbons (Fsp3) is 0. The van der Waals surface area contributed by atoms with E-state index in [1.54, 1.807) is 0 Å². The van der Waals surface area contributed by atoms with Gasteiger partial charge in [0.15, 0.2) is 11.6 Å². The minimum absolute atomic E-state index is 0. The van der Waals surface area contributed by atoms with Crippen LogP contribution in [0.15, 0.2) is 6.07 Å². The quantitative estimate of drug-likeness (QED) is 0.293. The molecule has 0 aliphatic rings. The first-order chi connectivity index (χ1) is 5.95. The van der Waals surface area contributed by atoms with Crippen molar-refractivity contribution in [2.24, 2.45) is 0 Å². The van der Waals surface area contributed by atoms with Gasteiger partial charge < -0.3 is 10.0 Å². The molecule has 0 amide bonds. The summed E-state index contributed by atoms with van der Waals surface area (Å²) in [6, 6.07) is 0.297. The summed E-state index contributed by atoms with van der Waals surface area (Å²) in [7, 11) is -2.78. The maximum atomic E-state index is 12.7. The van der Waals surface area contributed by atoms with Gasteiger partial charge in [-0.2, -0.15) is 0 Å². The SMILES string of the molecule is [K+].[K+].[O-]B([O-])c1cc(F)c(Cl)c(F)c1F. The van der Waals surface area contributed by atoms with Gasteiger partial charge in [-0.05, 0) is 6.07 Å². The van der Waals surface area contributed by atoms with Crippen LogP contribution in [0.3, 0.4) is 0 Å². The normalized spacial score (nSPS) is 8.93. The zero-order chi connectivity index (χ0) is 10.2. The van der Waals surface area contributed by atoms with Crippen LogP contribution < -0.4 is 118 Å². The Morgan fingerprint density at radius 2 is 1.53 bits per heavy atom. The molecular formula is C6HBClF3K2O2. The van der Waals surface area contributed by atoms with E-state index in [1.165, 1.54) is 0 Å². The van der Waals surface area contributed by atoms with Gasteiger partial charge in [0.25, 0.3) is 0 Å². The van der Waals surface area contributed by atoms with Crippen molar-refractivity contribution in [2.45, 2.75) is 0 Å². The molecule has 0 aliphatic carbocycles. The van der Waals surface area contributed by atoms with Crippen LogP contribution >= 0.6 is 11.6 Å². The van der Waals surface area contributed by atoms with Gasteiger partial charge in [0.2, 0.25) is 0 Å². The topological polar surface area (TPSA) is 46.1 Å². The molecule has 1 rings (SSSR count). The van der Waals surface area contributed by atoms with Gasteiger partial charge >= 0.3 is 103 Å². The molecule has 0 heterocycles. The van der Waals surface area contributed by atoms with Gasteiger partial charge in [0.05, 0.1) is 0 Å². The third-order valence-corrected chi connectivity index (χ3v) is 1.73. The predicted molar refractivity (Wildman–Crippen MR) is 36.7 cm³/mol. The molecule has 0 fully saturated rings. The van der Waals surface area contributed by atoms with Crippen LogP contribution in [0.1, 0.15) is 0 Å². The Morgan fingerprint density at radius 1 is 1.07 bits per heavy atom. The first-order valence-corrected chi connectivity index (χ1v) is 3.47. The summed E-state index contributed by atoms with van der Waals surface area (Å²) in [5.41, 5.74) is -1.11. The zero-order valence-corrected chi connectivity index (χ0v) is 15.0. The van der Waals surface area contributed by atoms with Crippen molar-refractivity contribution < 1.29 is 126 Å². The summed E-state index contributed by atoms with van der Waals surface area (Å²) in [6.45, 7) is 0. The number of halogens is 4. The molecule has 70 valence electrons. The predicted octanol–water partition coefficient (Wildman–Crippen LogP) is -6.82. The molecule has 0 aromatic heterocycles. The van der Waals surface area contributed by atoms with E-state index < -0.39 is 35.1 Å². The largest absolute Gasteiger partial charge is 1.00 e. The molecule has 2 nitrogen and oxygen atoms in total. The minimum Gasteiger partial charge on any atom is -0.889 e. The Hall–Kier alpha value is 2.56. The van der Waals surface area contributed by atoms with Crippen molar-refractivity contribution in [3.63, 3.8) is 0 Å². The first kappa shape index (κ1) is 19.9. The summed E-state index contributed by atoms with van der Waals surface area (Å²) in [4.78, 5) is 0. The molecule has 9 heteroatoms. The van der Waals surface area contributed by atoms with Crippen molar-refractivity contribution in [3.05, 3.63) is 28.5 Å². The average molecular weight is 287 g/mol. The summed E-state index contributed by atoms with van der Waals surface area (Å²) >= 11 is 4.97. The second kappa shape index (κ2) is 8.62. The molecule has 0 spiro atoms. The van der Waals surface area contributed by atoms with Crippen molar-refractivity contribution in [3.8, 4) is 0 Å². The Balaban J connectivity index is 0. The van der Waals surface area contributed by atoms with E-state index in [0.29, 0.717) is 6.07 Å². The van der Waals surface area contributed by atoms with Crippen LogP contribution in [-0.2, 0) is 0 Å². The Kier molecular flexibility index (Phi) is 11.4. The molecule has 0 aliphatic heterocycles. The second-order valence-electron chi connectivity index (χ2n) is 2.22. The second-order valence-corrected chi connectivity index (χ2v) is 2.60. The van der Waals surface area contributed by atoms with Crippen molar-refractivity contribution in [2.75, 3.05) is 0 Å². The van der Waals surface area contributed by atoms with Crippen LogP contribution in [0.2, 0.25) is 5.02 Å². The van der Waals surface area contributed by atoms with Crippen LogP contribution in [0.4, 0.5) is 13.2 Å². The summed E-state index contributed by atoms with van der Waals surface area (Å²) in [5.74, 6) is -4.73. The van der Waals surface area contributed by atoms with E-state index in [9.17, 15) is 23.2 Å². The molecule has 0 saturated heterocycles. The molecule has 0 N–H and O–H groups in total. The molecular weight excluding hydrogens is 286 g/mol. The molecule has 0 atom stereocenters. The number of benzene rings is 1. The monoisotopic (exact) mass is 286 g/mol. The standard InChI is InChI=1S/C6HBClF3O2.2K/c8-4-3(9)1-2(7(12)13)5(10)6(4)11;;/h1H;;/q-2;2*+1. The third-order valence-electron chi connectivity index (χ3n) is 1.38. The van der Waals surface area contributed by atoms with Crippen LogP contribution in [0, 0.1) is 17.5 Å². The van der Waals surface area contributed by atoms with Gasteiger partial charge in [-0.25, -0.2) is 13.2 Å². The van der Waals surface area contributed by atoms with E-state index in [1.807, 2.05) is 0 Å². The third kappa shape index (κ3) is 4.98. The van der Waals surface area contributed by atoms with Crippen LogP contribution in [0.5, 0.6) is 0 Å². The fourth-order valence-corrected chi connectivity index (χ4v) is 0.900. The van der Waals surface area contributed by atoms with Crippen molar-refractivity contribution >= 4 is 24.2 Å². The van der Waals surface area contributed by atoms with Crippen molar-refractivity contribution in [1.82, 2.24) is 0 Å². The van der Waals surface area contributed by atoms with Gasteiger partial charge in [0.1, 0.15) is 10.8 Å². The van der Waals surface area contributed by atoms with Crippen LogP contribution in [-0.4, -0.2) is 7.12 Å². The van der Waals surface area contributed by atoms with E-state index in [4.69, 9.17) is 11.6 Å². The van der Waals surface area contributed by atoms with E-state index in [-0.39, 0.29) is 103 Å². The van der Waals surface area contributed by atoms with Gasteiger partial charge in [0, 0.05) is 0 Å². The number of hydrogen-bond donors (Lipinski definition) is 0. The van der Waals surface area contributed by atoms with Gasteiger partial charge in [-0.1, -0.05) is 24.2 Å². The molecule has 0 unspecified atom stereocenters. The van der Waals surface area contributed by atoms with Crippen molar-refractivity contribution in [1.29, 1.82) is 0 Å². The average Bonchev–Trinajstić information content (AvgIpc) is 2.07. The molecule has 0 bridgehead atoms. The number of hydrogen-bond acceptors (Lipinski definition) is 2. The van der Waals surface area contributed by atoms with E-state index in [2.05, 4.69) is 0 Å².